The van der Waals surface area contributed by atoms with Crippen LogP contribution in [0.1, 0.15) is 12.0 Å². The molecule has 36 heavy (non-hydrogen) atoms. The number of morpholine rings is 2. The zero-order chi connectivity index (χ0) is 25.5. The number of carbonyl (C=O) groups excluding carboxylic acids is 2. The van der Waals surface area contributed by atoms with Crippen molar-refractivity contribution >= 4 is 35.0 Å². The highest BCUT2D eigenvalue weighted by Gasteiger charge is 2.42. The molecule has 194 valence electrons. The SMILES string of the molecule is Cc1cc(OC[C@@]2(CC(=O)N3CCOCC3)CN(C(=O)COc3ccc(Cl)cc3)CCO2)ccc1Cl. The molecule has 0 spiro atoms. The predicted octanol–water partition coefficient (Wildman–Crippen LogP) is 3.61. The molecule has 0 unspecified atom stereocenters. The van der Waals surface area contributed by atoms with Crippen LogP contribution in [0.5, 0.6) is 11.5 Å². The van der Waals surface area contributed by atoms with Crippen LogP contribution in [0, 0.1) is 6.92 Å². The number of nitrogens with zero attached hydrogens (tertiary/aromatic N) is 2. The molecule has 2 fully saturated rings. The quantitative estimate of drug-likeness (QED) is 0.512. The fourth-order valence-corrected chi connectivity index (χ4v) is 4.44. The second-order valence-corrected chi connectivity index (χ2v) is 9.80. The summed E-state index contributed by atoms with van der Waals surface area (Å²) in [6, 6.07) is 12.2. The average molecular weight is 537 g/mol. The first-order chi connectivity index (χ1) is 17.3. The summed E-state index contributed by atoms with van der Waals surface area (Å²) in [6.45, 7) is 4.83. The fourth-order valence-electron chi connectivity index (χ4n) is 4.19. The van der Waals surface area contributed by atoms with Crippen LogP contribution in [0.3, 0.4) is 0 Å². The Morgan fingerprint density at radius 2 is 1.61 bits per heavy atom. The summed E-state index contributed by atoms with van der Waals surface area (Å²) < 4.78 is 23.3. The number of ether oxygens (including phenoxy) is 4. The summed E-state index contributed by atoms with van der Waals surface area (Å²) in [7, 11) is 0. The Kier molecular flexibility index (Phi) is 8.95. The van der Waals surface area contributed by atoms with Gasteiger partial charge in [0.25, 0.3) is 5.91 Å². The van der Waals surface area contributed by atoms with Crippen LogP contribution in [0.2, 0.25) is 10.0 Å². The molecule has 0 saturated carbocycles. The van der Waals surface area contributed by atoms with E-state index >= 15 is 0 Å². The van der Waals surface area contributed by atoms with E-state index in [-0.39, 0.29) is 44.6 Å². The Morgan fingerprint density at radius 1 is 0.917 bits per heavy atom. The van der Waals surface area contributed by atoms with Gasteiger partial charge in [0.1, 0.15) is 23.7 Å². The molecule has 0 aromatic heterocycles. The second-order valence-electron chi connectivity index (χ2n) is 8.96. The third-order valence-electron chi connectivity index (χ3n) is 6.25. The standard InChI is InChI=1S/C26H30Cl2N2O6/c1-19-14-22(6-7-23(19)28)35-18-26(15-24(31)29-8-11-33-12-9-29)17-30(10-13-36-26)25(32)16-34-21-4-2-20(27)3-5-21/h2-7,14H,8-13,15-18H2,1H3/t26-/m1/s1. The Balaban J connectivity index is 1.45. The van der Waals surface area contributed by atoms with Crippen molar-refractivity contribution in [2.75, 3.05) is 59.2 Å². The normalized spacial score (nSPS) is 20.2. The third kappa shape index (κ3) is 7.03. The van der Waals surface area contributed by atoms with E-state index in [1.54, 1.807) is 46.2 Å². The largest absolute Gasteiger partial charge is 0.490 e. The van der Waals surface area contributed by atoms with E-state index in [2.05, 4.69) is 0 Å². The summed E-state index contributed by atoms with van der Waals surface area (Å²) in [6.07, 6.45) is 0.0847. The van der Waals surface area contributed by atoms with E-state index in [4.69, 9.17) is 42.1 Å². The smallest absolute Gasteiger partial charge is 0.260 e. The summed E-state index contributed by atoms with van der Waals surface area (Å²) in [4.78, 5) is 29.6. The van der Waals surface area contributed by atoms with Crippen molar-refractivity contribution in [2.45, 2.75) is 18.9 Å². The van der Waals surface area contributed by atoms with Gasteiger partial charge in [-0.15, -0.1) is 0 Å². The zero-order valence-electron chi connectivity index (χ0n) is 20.2. The van der Waals surface area contributed by atoms with Crippen molar-refractivity contribution in [2.24, 2.45) is 0 Å². The third-order valence-corrected chi connectivity index (χ3v) is 6.92. The van der Waals surface area contributed by atoms with Crippen LogP contribution in [-0.4, -0.2) is 86.4 Å². The lowest BCUT2D eigenvalue weighted by molar-refractivity contribution is -0.168. The lowest BCUT2D eigenvalue weighted by atomic mass is 9.96. The molecule has 0 bridgehead atoms. The molecule has 0 radical (unpaired) electrons. The summed E-state index contributed by atoms with van der Waals surface area (Å²) in [5.41, 5.74) is -0.120. The molecule has 2 aliphatic rings. The summed E-state index contributed by atoms with van der Waals surface area (Å²) in [5, 5.41) is 1.23. The van der Waals surface area contributed by atoms with E-state index < -0.39 is 5.60 Å². The molecule has 2 amide bonds. The molecule has 0 aliphatic carbocycles. The van der Waals surface area contributed by atoms with Crippen molar-refractivity contribution in [3.8, 4) is 11.5 Å². The number of carbonyl (C=O) groups is 2. The minimum atomic E-state index is -1.00. The van der Waals surface area contributed by atoms with Crippen molar-refractivity contribution < 1.29 is 28.5 Å². The number of benzene rings is 2. The Bertz CT molecular complexity index is 1060. The highest BCUT2D eigenvalue weighted by Crippen LogP contribution is 2.27. The first-order valence-corrected chi connectivity index (χ1v) is 12.6. The number of amides is 2. The Labute approximate surface area is 220 Å². The molecule has 0 N–H and O–H groups in total. The first-order valence-electron chi connectivity index (χ1n) is 11.9. The van der Waals surface area contributed by atoms with Gasteiger partial charge in [0, 0.05) is 29.7 Å². The first kappa shape index (κ1) is 26.5. The van der Waals surface area contributed by atoms with Gasteiger partial charge in [0.2, 0.25) is 5.91 Å². The maximum Gasteiger partial charge on any atom is 0.260 e. The molecular formula is C26H30Cl2N2O6. The molecule has 1 atom stereocenters. The summed E-state index contributed by atoms with van der Waals surface area (Å²) >= 11 is 12.1. The number of aryl methyl sites for hydroxylation is 1. The molecule has 10 heteroatoms. The van der Waals surface area contributed by atoms with Gasteiger partial charge in [-0.3, -0.25) is 9.59 Å². The van der Waals surface area contributed by atoms with Gasteiger partial charge in [0.15, 0.2) is 6.61 Å². The Morgan fingerprint density at radius 3 is 2.33 bits per heavy atom. The topological polar surface area (TPSA) is 77.5 Å². The average Bonchev–Trinajstić information content (AvgIpc) is 2.89. The lowest BCUT2D eigenvalue weighted by Gasteiger charge is -2.43. The van der Waals surface area contributed by atoms with Gasteiger partial charge in [-0.25, -0.2) is 0 Å². The fraction of sp³-hybridized carbons (Fsp3) is 0.462. The van der Waals surface area contributed by atoms with Gasteiger partial charge in [-0.2, -0.15) is 0 Å². The van der Waals surface area contributed by atoms with E-state index in [1.165, 1.54) is 0 Å². The van der Waals surface area contributed by atoms with Crippen molar-refractivity contribution in [3.63, 3.8) is 0 Å². The number of halogens is 2. The van der Waals surface area contributed by atoms with Gasteiger partial charge in [-0.1, -0.05) is 23.2 Å². The van der Waals surface area contributed by atoms with Crippen LogP contribution < -0.4 is 9.47 Å². The Hall–Kier alpha value is -2.52. The molecule has 4 rings (SSSR count). The number of hydrogen-bond acceptors (Lipinski definition) is 6. The van der Waals surface area contributed by atoms with Gasteiger partial charge in [-0.05, 0) is 55.0 Å². The molecule has 2 aromatic carbocycles. The highest BCUT2D eigenvalue weighted by atomic mass is 35.5. The van der Waals surface area contributed by atoms with Gasteiger partial charge >= 0.3 is 0 Å². The number of rotatable bonds is 8. The van der Waals surface area contributed by atoms with Crippen molar-refractivity contribution in [1.82, 2.24) is 9.80 Å². The minimum absolute atomic E-state index is 0.0547. The van der Waals surface area contributed by atoms with Crippen LogP contribution >= 0.6 is 23.2 Å². The zero-order valence-corrected chi connectivity index (χ0v) is 21.7. The molecule has 8 nitrogen and oxygen atoms in total. The molecule has 2 aliphatic heterocycles. The molecule has 2 heterocycles. The molecular weight excluding hydrogens is 507 g/mol. The van der Waals surface area contributed by atoms with E-state index in [0.717, 1.165) is 5.56 Å². The lowest BCUT2D eigenvalue weighted by Crippen LogP contribution is -2.59. The van der Waals surface area contributed by atoms with E-state index in [1.807, 2.05) is 13.0 Å². The molecule has 2 aromatic rings. The van der Waals surface area contributed by atoms with Crippen LogP contribution in [-0.2, 0) is 19.1 Å². The molecule has 2 saturated heterocycles. The van der Waals surface area contributed by atoms with Gasteiger partial charge < -0.3 is 28.7 Å². The van der Waals surface area contributed by atoms with Crippen LogP contribution in [0.4, 0.5) is 0 Å². The summed E-state index contributed by atoms with van der Waals surface area (Å²) in [5.74, 6) is 0.920. The minimum Gasteiger partial charge on any atom is -0.490 e. The monoisotopic (exact) mass is 536 g/mol. The van der Waals surface area contributed by atoms with Crippen molar-refractivity contribution in [3.05, 3.63) is 58.1 Å². The van der Waals surface area contributed by atoms with Crippen LogP contribution in [0.25, 0.3) is 0 Å². The number of hydrogen-bond donors (Lipinski definition) is 0. The second kappa shape index (κ2) is 12.1. The van der Waals surface area contributed by atoms with E-state index in [9.17, 15) is 9.59 Å². The predicted molar refractivity (Wildman–Crippen MR) is 136 cm³/mol. The van der Waals surface area contributed by atoms with Crippen LogP contribution in [0.15, 0.2) is 42.5 Å². The van der Waals surface area contributed by atoms with Crippen molar-refractivity contribution in [1.29, 1.82) is 0 Å². The highest BCUT2D eigenvalue weighted by molar-refractivity contribution is 6.31. The van der Waals surface area contributed by atoms with Gasteiger partial charge in [0.05, 0.1) is 32.8 Å². The maximum absolute atomic E-state index is 13.2. The maximum atomic E-state index is 13.2. The van der Waals surface area contributed by atoms with E-state index in [0.29, 0.717) is 54.4 Å².